The number of carbonyl (C=O) groups excluding carboxylic acids is 1. The van der Waals surface area contributed by atoms with E-state index >= 15 is 0 Å². The van der Waals surface area contributed by atoms with E-state index in [1.165, 1.54) is 5.57 Å². The number of carbonyl (C=O) groups is 1. The van der Waals surface area contributed by atoms with Gasteiger partial charge in [0.15, 0.2) is 5.79 Å². The van der Waals surface area contributed by atoms with Crippen LogP contribution in [0.3, 0.4) is 0 Å². The summed E-state index contributed by atoms with van der Waals surface area (Å²) >= 11 is 0. The maximum atomic E-state index is 13.6. The number of rotatable bonds is 15. The smallest absolute Gasteiger partial charge is 0.172 e. The molecule has 7 rings (SSSR count). The minimum atomic E-state index is -0.845. The van der Waals surface area contributed by atoms with Gasteiger partial charge < -0.3 is 53.5 Å². The standard InChI is InChI=1S/C42H67NO11/c1-22-14-29(48-21-24(22)3)8-10-33-23(2)15-31(50-33)12-13-42-19-36(46-6)41(54-42)37-25(4)38(53-42)40-34(52-37)11-9-30(51-40)16-27(44)17-32-26(5)49-35(39(32)47-7)18-28(45)20-43/h22,25-26,28-41,45H,2-3,8-21,43H2,1,4-7H3/t22-,25-,26+,28+,29+,30-,31+,32+,33+,34+,35-,36-,37-,38-,39-,40+,41+,42-/m1/s1. The number of hydrogen-bond donors (Lipinski definition) is 2. The molecule has 0 spiro atoms. The first-order valence-corrected chi connectivity index (χ1v) is 20.8. The fraction of sp³-hybridized carbons (Fsp3) is 0.881. The topological polar surface area (TPSA) is 146 Å². The van der Waals surface area contributed by atoms with Gasteiger partial charge >= 0.3 is 0 Å². The molecule has 0 saturated carbocycles. The second kappa shape index (κ2) is 17.3. The van der Waals surface area contributed by atoms with E-state index in [0.29, 0.717) is 44.6 Å². The van der Waals surface area contributed by atoms with Crippen LogP contribution >= 0.6 is 0 Å². The zero-order chi connectivity index (χ0) is 38.3. The lowest BCUT2D eigenvalue weighted by molar-refractivity contribution is -0.290. The van der Waals surface area contributed by atoms with Crippen LogP contribution in [0, 0.1) is 17.8 Å². The van der Waals surface area contributed by atoms with E-state index in [9.17, 15) is 9.90 Å². The maximum absolute atomic E-state index is 13.6. The number of Topliss-reactive ketones (excluding diaryl/α,β-unsaturated/α-hetero) is 1. The molecular formula is C42H67NO11. The first kappa shape index (κ1) is 40.9. The van der Waals surface area contributed by atoms with E-state index in [0.717, 1.165) is 50.5 Å². The summed E-state index contributed by atoms with van der Waals surface area (Å²) < 4.78 is 58.2. The Morgan fingerprint density at radius 3 is 2.44 bits per heavy atom. The van der Waals surface area contributed by atoms with Crippen molar-refractivity contribution in [1.82, 2.24) is 0 Å². The predicted octanol–water partition coefficient (Wildman–Crippen LogP) is 4.57. The molecule has 7 fully saturated rings. The number of aliphatic hydroxyl groups is 1. The van der Waals surface area contributed by atoms with Crippen molar-refractivity contribution in [3.8, 4) is 0 Å². The Morgan fingerprint density at radius 1 is 0.907 bits per heavy atom. The average Bonchev–Trinajstić information content (AvgIpc) is 3.78. The van der Waals surface area contributed by atoms with Gasteiger partial charge in [0.2, 0.25) is 0 Å². The molecule has 0 aromatic heterocycles. The molecule has 306 valence electrons. The molecule has 0 unspecified atom stereocenters. The predicted molar refractivity (Wildman–Crippen MR) is 200 cm³/mol. The summed E-state index contributed by atoms with van der Waals surface area (Å²) in [6.07, 6.45) is 5.72. The molecular weight excluding hydrogens is 694 g/mol. The van der Waals surface area contributed by atoms with E-state index in [1.54, 1.807) is 14.2 Å². The first-order chi connectivity index (χ1) is 25.9. The van der Waals surface area contributed by atoms with Crippen molar-refractivity contribution >= 4 is 5.78 Å². The van der Waals surface area contributed by atoms with Crippen molar-refractivity contribution < 1.29 is 52.5 Å². The molecule has 12 heteroatoms. The van der Waals surface area contributed by atoms with Gasteiger partial charge in [0.25, 0.3) is 0 Å². The van der Waals surface area contributed by atoms with Gasteiger partial charge in [0.1, 0.15) is 18.0 Å². The Bertz CT molecular complexity index is 1330. The quantitative estimate of drug-likeness (QED) is 0.226. The fourth-order valence-corrected chi connectivity index (χ4v) is 10.6. The highest BCUT2D eigenvalue weighted by molar-refractivity contribution is 5.79. The minimum Gasteiger partial charge on any atom is -0.392 e. The van der Waals surface area contributed by atoms with Gasteiger partial charge in [-0.1, -0.05) is 27.0 Å². The summed E-state index contributed by atoms with van der Waals surface area (Å²) in [4.78, 5) is 13.6. The van der Waals surface area contributed by atoms with Crippen LogP contribution in [-0.2, 0) is 47.4 Å². The van der Waals surface area contributed by atoms with Gasteiger partial charge in [-0.2, -0.15) is 0 Å². The molecule has 12 nitrogen and oxygen atoms in total. The number of methoxy groups -OCH3 is 2. The molecule has 18 atom stereocenters. The van der Waals surface area contributed by atoms with Gasteiger partial charge in [0, 0.05) is 64.7 Å². The van der Waals surface area contributed by atoms with E-state index in [2.05, 4.69) is 27.0 Å². The summed E-state index contributed by atoms with van der Waals surface area (Å²) in [5.74, 6) is -0.324. The van der Waals surface area contributed by atoms with Gasteiger partial charge in [-0.25, -0.2) is 0 Å². The lowest BCUT2D eigenvalue weighted by Gasteiger charge is -2.50. The Morgan fingerprint density at radius 2 is 1.70 bits per heavy atom. The van der Waals surface area contributed by atoms with Crippen molar-refractivity contribution in [3.05, 3.63) is 24.3 Å². The average molecular weight is 762 g/mol. The van der Waals surface area contributed by atoms with Gasteiger partial charge in [-0.05, 0) is 68.9 Å². The van der Waals surface area contributed by atoms with Crippen molar-refractivity contribution in [1.29, 1.82) is 0 Å². The van der Waals surface area contributed by atoms with Crippen molar-refractivity contribution in [2.24, 2.45) is 23.5 Å². The number of aliphatic hydroxyl groups excluding tert-OH is 1. The van der Waals surface area contributed by atoms with Crippen molar-refractivity contribution in [2.75, 3.05) is 27.4 Å². The molecule has 0 amide bonds. The van der Waals surface area contributed by atoms with E-state index < -0.39 is 11.9 Å². The fourth-order valence-electron chi connectivity index (χ4n) is 10.6. The summed E-state index contributed by atoms with van der Waals surface area (Å²) in [6, 6.07) is 0. The maximum Gasteiger partial charge on any atom is 0.172 e. The minimum absolute atomic E-state index is 0.0130. The van der Waals surface area contributed by atoms with Crippen molar-refractivity contribution in [3.63, 3.8) is 0 Å². The Balaban J connectivity index is 0.957. The first-order valence-electron chi connectivity index (χ1n) is 20.8. The molecule has 4 bridgehead atoms. The van der Waals surface area contributed by atoms with Gasteiger partial charge in [-0.15, -0.1) is 0 Å². The lowest BCUT2D eigenvalue weighted by Crippen LogP contribution is -2.62. The van der Waals surface area contributed by atoms with Crippen LogP contribution in [0.4, 0.5) is 0 Å². The molecule has 7 heterocycles. The Hall–Kier alpha value is -1.29. The third-order valence-corrected chi connectivity index (χ3v) is 13.9. The molecule has 7 aliphatic rings. The van der Waals surface area contributed by atoms with Crippen LogP contribution in [0.1, 0.15) is 97.8 Å². The lowest BCUT2D eigenvalue weighted by atomic mass is 9.80. The number of hydrogen-bond acceptors (Lipinski definition) is 12. The van der Waals surface area contributed by atoms with Crippen LogP contribution < -0.4 is 5.73 Å². The Kier molecular flexibility index (Phi) is 13.1. The van der Waals surface area contributed by atoms with Crippen LogP contribution in [0.25, 0.3) is 0 Å². The monoisotopic (exact) mass is 761 g/mol. The molecule has 0 aliphatic carbocycles. The second-order valence-electron chi connectivity index (χ2n) is 17.6. The summed E-state index contributed by atoms with van der Waals surface area (Å²) in [5, 5.41) is 10.1. The highest BCUT2D eigenvalue weighted by atomic mass is 16.7. The van der Waals surface area contributed by atoms with Gasteiger partial charge in [0.05, 0.1) is 79.9 Å². The number of fused-ring (bicyclic) bond motifs is 7. The molecule has 0 aromatic carbocycles. The van der Waals surface area contributed by atoms with Crippen LogP contribution in [0.2, 0.25) is 0 Å². The normalized spacial score (nSPS) is 46.7. The zero-order valence-corrected chi connectivity index (χ0v) is 33.2. The highest BCUT2D eigenvalue weighted by Gasteiger charge is 2.62. The van der Waals surface area contributed by atoms with Crippen molar-refractivity contribution in [2.45, 2.75) is 189 Å². The van der Waals surface area contributed by atoms with Gasteiger partial charge in [-0.3, -0.25) is 4.79 Å². The third-order valence-electron chi connectivity index (χ3n) is 13.9. The second-order valence-corrected chi connectivity index (χ2v) is 17.6. The molecule has 0 aromatic rings. The van der Waals surface area contributed by atoms with Crippen LogP contribution in [0.15, 0.2) is 24.3 Å². The van der Waals surface area contributed by atoms with Crippen LogP contribution in [-0.4, -0.2) is 130 Å². The third kappa shape index (κ3) is 8.60. The summed E-state index contributed by atoms with van der Waals surface area (Å²) in [6.45, 7) is 15.7. The number of ether oxygens (including phenoxy) is 9. The molecule has 0 radical (unpaired) electrons. The van der Waals surface area contributed by atoms with Crippen LogP contribution in [0.5, 0.6) is 0 Å². The molecule has 3 N–H and O–H groups in total. The molecule has 7 aliphatic heterocycles. The molecule has 7 saturated heterocycles. The number of ketones is 1. The zero-order valence-electron chi connectivity index (χ0n) is 33.2. The Labute approximate surface area is 322 Å². The molecule has 54 heavy (non-hydrogen) atoms. The van der Waals surface area contributed by atoms with E-state index in [1.807, 2.05) is 6.92 Å². The van der Waals surface area contributed by atoms with E-state index in [-0.39, 0.29) is 104 Å². The largest absolute Gasteiger partial charge is 0.392 e. The van der Waals surface area contributed by atoms with E-state index in [4.69, 9.17) is 48.4 Å². The SMILES string of the molecule is C=C1CO[C@@H](CC[C@@H]2O[C@@H](CC[C@]34C[C@@H](OC)[C@H](O3)[C@@H]3O[C@H]5CC[C@H](CC(=O)C[C@@H]6[C@@H](OC)[C@@H](C[C@H](O)CN)O[C@H]6C)O[C@@H]5[C@H](O4)[C@@H]3C)CC2=C)C[C@H]1C. The summed E-state index contributed by atoms with van der Waals surface area (Å²) in [5.41, 5.74) is 7.99. The number of nitrogens with two attached hydrogens (primary N) is 1. The summed E-state index contributed by atoms with van der Waals surface area (Å²) in [7, 11) is 3.38. The highest BCUT2D eigenvalue weighted by Crippen LogP contribution is 2.51.